The molecule has 0 N–H and O–H groups in total. The van der Waals surface area contributed by atoms with Crippen LogP contribution in [0, 0.1) is 12.8 Å². The summed E-state index contributed by atoms with van der Waals surface area (Å²) in [5, 5.41) is 13.5. The smallest absolute Gasteiger partial charge is 0.262 e. The van der Waals surface area contributed by atoms with Crippen LogP contribution in [0.3, 0.4) is 0 Å². The molecule has 1 saturated heterocycles. The van der Waals surface area contributed by atoms with E-state index in [1.165, 1.54) is 31.2 Å². The van der Waals surface area contributed by atoms with Gasteiger partial charge in [-0.15, -0.1) is 5.10 Å². The number of aryl methyl sites for hydroxylation is 2. The third-order valence-electron chi connectivity index (χ3n) is 5.58. The highest BCUT2D eigenvalue weighted by Crippen LogP contribution is 2.28. The number of ether oxygens (including phenoxy) is 1. The van der Waals surface area contributed by atoms with Crippen LogP contribution < -0.4 is 9.64 Å². The fourth-order valence-electron chi connectivity index (χ4n) is 3.96. The van der Waals surface area contributed by atoms with Crippen LogP contribution in [-0.4, -0.2) is 35.1 Å². The summed E-state index contributed by atoms with van der Waals surface area (Å²) >= 11 is 0. The Kier molecular flexibility index (Phi) is 5.74. The van der Waals surface area contributed by atoms with E-state index in [4.69, 9.17) is 9.26 Å². The van der Waals surface area contributed by atoms with E-state index in [0.717, 1.165) is 47.9 Å². The molecule has 0 aliphatic carbocycles. The number of benzene rings is 1. The monoisotopic (exact) mass is 380 g/mol. The Balaban J connectivity index is 1.24. The van der Waals surface area contributed by atoms with Crippen molar-refractivity contribution in [2.45, 2.75) is 46.0 Å². The molecule has 0 unspecified atom stereocenters. The van der Waals surface area contributed by atoms with Crippen molar-refractivity contribution >= 4 is 16.8 Å². The highest BCUT2D eigenvalue weighted by Gasteiger charge is 2.20. The predicted octanol–water partition coefficient (Wildman–Crippen LogP) is 4.56. The summed E-state index contributed by atoms with van der Waals surface area (Å²) in [7, 11) is 0. The first-order chi connectivity index (χ1) is 13.7. The molecule has 0 bridgehead atoms. The van der Waals surface area contributed by atoms with E-state index in [-0.39, 0.29) is 0 Å². The highest BCUT2D eigenvalue weighted by atomic mass is 16.5. The number of fused-ring (bicyclic) bond motifs is 1. The Morgan fingerprint density at radius 2 is 2.00 bits per heavy atom. The van der Waals surface area contributed by atoms with Crippen molar-refractivity contribution < 1.29 is 9.26 Å². The molecule has 4 rings (SSSR count). The van der Waals surface area contributed by atoms with Crippen LogP contribution in [0.25, 0.3) is 11.0 Å². The van der Waals surface area contributed by atoms with Gasteiger partial charge < -0.3 is 14.2 Å². The van der Waals surface area contributed by atoms with Gasteiger partial charge in [-0.1, -0.05) is 6.07 Å². The van der Waals surface area contributed by atoms with E-state index in [1.54, 1.807) is 0 Å². The van der Waals surface area contributed by atoms with Crippen molar-refractivity contribution in [1.29, 1.82) is 0 Å². The number of hydrogen-bond donors (Lipinski definition) is 0. The maximum Gasteiger partial charge on any atom is 0.262 e. The van der Waals surface area contributed by atoms with Gasteiger partial charge in [0.15, 0.2) is 11.4 Å². The molecule has 0 amide bonds. The van der Waals surface area contributed by atoms with Gasteiger partial charge in [0.05, 0.1) is 17.7 Å². The molecule has 0 atom stereocenters. The maximum atomic E-state index is 5.49. The third-order valence-corrected chi connectivity index (χ3v) is 5.58. The second-order valence-corrected chi connectivity index (χ2v) is 7.61. The first kappa shape index (κ1) is 18.7. The Hall–Kier alpha value is -2.63. The topological polar surface area (TPSA) is 64.3 Å². The summed E-state index contributed by atoms with van der Waals surface area (Å²) in [6, 6.07) is 10.5. The maximum absolute atomic E-state index is 5.49. The van der Waals surface area contributed by atoms with E-state index < -0.39 is 0 Å². The van der Waals surface area contributed by atoms with Gasteiger partial charge >= 0.3 is 0 Å². The van der Waals surface area contributed by atoms with Crippen molar-refractivity contribution in [2.24, 2.45) is 5.92 Å². The molecular weight excluding hydrogens is 352 g/mol. The molecule has 1 fully saturated rings. The quantitative estimate of drug-likeness (QED) is 0.598. The number of aromatic nitrogens is 3. The van der Waals surface area contributed by atoms with Gasteiger partial charge in [-0.2, -0.15) is 5.10 Å². The van der Waals surface area contributed by atoms with Crippen molar-refractivity contribution in [2.75, 3.05) is 24.6 Å². The van der Waals surface area contributed by atoms with Crippen LogP contribution in [0.2, 0.25) is 0 Å². The number of hydrogen-bond acceptors (Lipinski definition) is 6. The molecule has 6 nitrogen and oxygen atoms in total. The summed E-state index contributed by atoms with van der Waals surface area (Å²) in [4.78, 5) is 2.36. The average molecular weight is 380 g/mol. The third kappa shape index (κ3) is 4.26. The van der Waals surface area contributed by atoms with Crippen LogP contribution in [0.1, 0.15) is 43.9 Å². The Morgan fingerprint density at radius 3 is 2.75 bits per heavy atom. The van der Waals surface area contributed by atoms with Gasteiger partial charge in [-0.05, 0) is 86.9 Å². The normalized spacial score (nSPS) is 15.3. The SMILES string of the molecule is CCOc1noc2cc(CCCC3CCN(c4ccc(C)nn4)CC3)ccc12. The molecule has 0 spiro atoms. The minimum atomic E-state index is 0.592. The Bertz CT molecular complexity index is 899. The molecule has 28 heavy (non-hydrogen) atoms. The first-order valence-electron chi connectivity index (χ1n) is 10.3. The van der Waals surface area contributed by atoms with E-state index in [0.29, 0.717) is 12.5 Å². The summed E-state index contributed by atoms with van der Waals surface area (Å²) < 4.78 is 10.9. The van der Waals surface area contributed by atoms with E-state index >= 15 is 0 Å². The predicted molar refractivity (Wildman–Crippen MR) is 110 cm³/mol. The van der Waals surface area contributed by atoms with E-state index in [1.807, 2.05) is 19.9 Å². The number of piperidine rings is 1. The molecule has 1 aliphatic heterocycles. The highest BCUT2D eigenvalue weighted by molar-refractivity contribution is 5.82. The van der Waals surface area contributed by atoms with Gasteiger partial charge in [0.2, 0.25) is 0 Å². The summed E-state index contributed by atoms with van der Waals surface area (Å²) in [6.07, 6.45) is 6.01. The minimum absolute atomic E-state index is 0.592. The van der Waals surface area contributed by atoms with Gasteiger partial charge in [0.25, 0.3) is 5.88 Å². The number of rotatable bonds is 7. The van der Waals surface area contributed by atoms with Crippen LogP contribution in [-0.2, 0) is 6.42 Å². The molecule has 2 aromatic heterocycles. The lowest BCUT2D eigenvalue weighted by atomic mass is 9.90. The molecule has 1 aliphatic rings. The average Bonchev–Trinajstić information content (AvgIpc) is 3.12. The lowest BCUT2D eigenvalue weighted by Gasteiger charge is -2.32. The lowest BCUT2D eigenvalue weighted by Crippen LogP contribution is -2.34. The van der Waals surface area contributed by atoms with Gasteiger partial charge in [0.1, 0.15) is 0 Å². The lowest BCUT2D eigenvalue weighted by molar-refractivity contribution is 0.301. The van der Waals surface area contributed by atoms with Crippen molar-refractivity contribution in [3.05, 3.63) is 41.6 Å². The molecular formula is C22H28N4O2. The van der Waals surface area contributed by atoms with Crippen molar-refractivity contribution in [3.63, 3.8) is 0 Å². The van der Waals surface area contributed by atoms with Gasteiger partial charge in [-0.3, -0.25) is 0 Å². The molecule has 1 aromatic carbocycles. The van der Waals surface area contributed by atoms with Crippen LogP contribution in [0.5, 0.6) is 5.88 Å². The van der Waals surface area contributed by atoms with Crippen molar-refractivity contribution in [3.8, 4) is 5.88 Å². The standard InChI is InChI=1S/C22H28N4O2/c1-3-27-22-19-9-8-18(15-20(19)28-25-22)6-4-5-17-11-13-26(14-12-17)21-10-7-16(2)23-24-21/h7-10,15,17H,3-6,11-14H2,1-2H3. The molecule has 0 saturated carbocycles. The summed E-state index contributed by atoms with van der Waals surface area (Å²) in [5.74, 6) is 2.40. The van der Waals surface area contributed by atoms with E-state index in [9.17, 15) is 0 Å². The largest absolute Gasteiger partial charge is 0.475 e. The second kappa shape index (κ2) is 8.59. The Labute approximate surface area is 165 Å². The molecule has 148 valence electrons. The second-order valence-electron chi connectivity index (χ2n) is 7.61. The fourth-order valence-corrected chi connectivity index (χ4v) is 3.96. The van der Waals surface area contributed by atoms with Crippen LogP contribution in [0.15, 0.2) is 34.9 Å². The Morgan fingerprint density at radius 1 is 1.14 bits per heavy atom. The van der Waals surface area contributed by atoms with Crippen molar-refractivity contribution in [1.82, 2.24) is 15.4 Å². The fraction of sp³-hybridized carbons (Fsp3) is 0.500. The van der Waals surface area contributed by atoms with Crippen LogP contribution in [0.4, 0.5) is 5.82 Å². The number of nitrogens with zero attached hydrogens (tertiary/aromatic N) is 4. The van der Waals surface area contributed by atoms with Gasteiger partial charge in [-0.25, -0.2) is 0 Å². The molecule has 0 radical (unpaired) electrons. The van der Waals surface area contributed by atoms with E-state index in [2.05, 4.69) is 44.5 Å². The summed E-state index contributed by atoms with van der Waals surface area (Å²) in [5.41, 5.74) is 3.09. The zero-order valence-electron chi connectivity index (χ0n) is 16.7. The first-order valence-corrected chi connectivity index (χ1v) is 10.3. The number of anilines is 1. The molecule has 6 heteroatoms. The summed E-state index contributed by atoms with van der Waals surface area (Å²) in [6.45, 7) is 6.67. The van der Waals surface area contributed by atoms with Gasteiger partial charge in [0, 0.05) is 13.1 Å². The van der Waals surface area contributed by atoms with Crippen LogP contribution >= 0.6 is 0 Å². The molecule has 3 heterocycles. The minimum Gasteiger partial charge on any atom is -0.475 e. The molecule has 3 aromatic rings. The zero-order chi connectivity index (χ0) is 19.3. The zero-order valence-corrected chi connectivity index (χ0v) is 16.7.